The summed E-state index contributed by atoms with van der Waals surface area (Å²) >= 11 is 1.69. The van der Waals surface area contributed by atoms with Crippen LogP contribution in [0.5, 0.6) is 0 Å². The summed E-state index contributed by atoms with van der Waals surface area (Å²) in [5, 5.41) is 19.7. The lowest BCUT2D eigenvalue weighted by Crippen LogP contribution is -2.05. The number of aryl methyl sites for hydroxylation is 1. The molecule has 22 heavy (non-hydrogen) atoms. The fourth-order valence-electron chi connectivity index (χ4n) is 2.44. The second-order valence-corrected chi connectivity index (χ2v) is 6.55. The lowest BCUT2D eigenvalue weighted by atomic mass is 10.2. The minimum absolute atomic E-state index is 0.177. The lowest BCUT2D eigenvalue weighted by molar-refractivity contribution is 0.250. The van der Waals surface area contributed by atoms with Gasteiger partial charge in [0.05, 0.1) is 21.6 Å². The molecular formula is C17H17N3OS. The molecule has 0 saturated heterocycles. The van der Waals surface area contributed by atoms with E-state index in [1.807, 2.05) is 44.2 Å². The van der Waals surface area contributed by atoms with Gasteiger partial charge in [0.15, 0.2) is 5.65 Å². The lowest BCUT2D eigenvalue weighted by Gasteiger charge is -2.12. The zero-order valence-corrected chi connectivity index (χ0v) is 13.4. The Kier molecular flexibility index (Phi) is 4.06. The summed E-state index contributed by atoms with van der Waals surface area (Å²) in [6.07, 6.45) is 0. The van der Waals surface area contributed by atoms with Crippen LogP contribution in [0.1, 0.15) is 18.1 Å². The molecule has 1 aromatic carbocycles. The Hall–Kier alpha value is -2.03. The van der Waals surface area contributed by atoms with E-state index in [1.165, 1.54) is 0 Å². The van der Waals surface area contributed by atoms with Crippen molar-refractivity contribution in [2.75, 3.05) is 12.4 Å². The van der Waals surface area contributed by atoms with Crippen LogP contribution in [0.15, 0.2) is 35.4 Å². The maximum atomic E-state index is 9.45. The third kappa shape index (κ3) is 2.45. The predicted molar refractivity (Wildman–Crippen MR) is 89.1 cm³/mol. The predicted octanol–water partition coefficient (Wildman–Crippen LogP) is 3.39. The molecule has 0 amide bonds. The number of aliphatic hydroxyl groups is 1. The standard InChI is InChI=1S/C17H17N3OS/c1-11(9-21)10-22-16-7-12(2)13(8-18)17-19-14-5-3-4-6-15(14)20(16)17/h3-7,11,21H,9-10H2,1-2H3/t11-/m0/s1. The van der Waals surface area contributed by atoms with Gasteiger partial charge in [0.1, 0.15) is 6.07 Å². The monoisotopic (exact) mass is 311 g/mol. The first-order chi connectivity index (χ1) is 10.7. The molecule has 112 valence electrons. The van der Waals surface area contributed by atoms with Crippen LogP contribution in [-0.2, 0) is 0 Å². The Balaban J connectivity index is 2.25. The summed E-state index contributed by atoms with van der Waals surface area (Å²) in [4.78, 5) is 4.63. The van der Waals surface area contributed by atoms with Crippen molar-refractivity contribution < 1.29 is 5.11 Å². The Morgan fingerprint density at radius 3 is 2.91 bits per heavy atom. The van der Waals surface area contributed by atoms with Crippen LogP contribution >= 0.6 is 11.8 Å². The van der Waals surface area contributed by atoms with Crippen molar-refractivity contribution in [1.29, 1.82) is 5.26 Å². The van der Waals surface area contributed by atoms with Crippen LogP contribution < -0.4 is 0 Å². The van der Waals surface area contributed by atoms with Crippen molar-refractivity contribution in [3.63, 3.8) is 0 Å². The average Bonchev–Trinajstić information content (AvgIpc) is 2.91. The van der Waals surface area contributed by atoms with Crippen LogP contribution in [-0.4, -0.2) is 26.9 Å². The van der Waals surface area contributed by atoms with Crippen LogP contribution in [0, 0.1) is 24.2 Å². The zero-order chi connectivity index (χ0) is 15.7. The molecular weight excluding hydrogens is 294 g/mol. The number of rotatable bonds is 4. The van der Waals surface area contributed by atoms with E-state index in [-0.39, 0.29) is 12.5 Å². The van der Waals surface area contributed by atoms with E-state index < -0.39 is 0 Å². The molecule has 2 heterocycles. The highest BCUT2D eigenvalue weighted by atomic mass is 32.2. The molecule has 0 aliphatic carbocycles. The highest BCUT2D eigenvalue weighted by Gasteiger charge is 2.15. The number of fused-ring (bicyclic) bond motifs is 3. The summed E-state index contributed by atoms with van der Waals surface area (Å²) in [6.45, 7) is 4.14. The largest absolute Gasteiger partial charge is 0.396 e. The van der Waals surface area contributed by atoms with Gasteiger partial charge in [-0.05, 0) is 36.6 Å². The highest BCUT2D eigenvalue weighted by Crippen LogP contribution is 2.30. The van der Waals surface area contributed by atoms with Gasteiger partial charge in [-0.2, -0.15) is 5.26 Å². The van der Waals surface area contributed by atoms with Crippen molar-refractivity contribution in [3.8, 4) is 6.07 Å². The molecule has 1 atom stereocenters. The molecule has 0 radical (unpaired) electrons. The Morgan fingerprint density at radius 1 is 1.41 bits per heavy atom. The van der Waals surface area contributed by atoms with Crippen molar-refractivity contribution >= 4 is 28.4 Å². The quantitative estimate of drug-likeness (QED) is 0.750. The fraction of sp³-hybridized carbons (Fsp3) is 0.294. The Bertz CT molecular complexity index is 879. The third-order valence-corrected chi connectivity index (χ3v) is 5.01. The summed E-state index contributed by atoms with van der Waals surface area (Å²) < 4.78 is 2.05. The van der Waals surface area contributed by atoms with E-state index in [0.717, 1.165) is 27.4 Å². The van der Waals surface area contributed by atoms with E-state index in [2.05, 4.69) is 15.5 Å². The highest BCUT2D eigenvalue weighted by molar-refractivity contribution is 7.99. The third-order valence-electron chi connectivity index (χ3n) is 3.68. The second kappa shape index (κ2) is 5.99. The topological polar surface area (TPSA) is 61.3 Å². The number of nitrogens with zero attached hydrogens (tertiary/aromatic N) is 3. The van der Waals surface area contributed by atoms with Crippen molar-refractivity contribution in [2.24, 2.45) is 5.92 Å². The first-order valence-corrected chi connectivity index (χ1v) is 8.18. The number of benzene rings is 1. The number of aliphatic hydroxyl groups excluding tert-OH is 1. The van der Waals surface area contributed by atoms with Crippen molar-refractivity contribution in [1.82, 2.24) is 9.38 Å². The molecule has 5 heteroatoms. The fourth-order valence-corrected chi connectivity index (χ4v) is 3.57. The molecule has 2 aromatic heterocycles. The summed E-state index contributed by atoms with van der Waals surface area (Å²) in [5.41, 5.74) is 4.16. The number of hydrogen-bond acceptors (Lipinski definition) is 4. The molecule has 3 aromatic rings. The average molecular weight is 311 g/mol. The van der Waals surface area contributed by atoms with Crippen molar-refractivity contribution in [2.45, 2.75) is 18.9 Å². The number of hydrogen-bond donors (Lipinski definition) is 1. The maximum Gasteiger partial charge on any atom is 0.157 e. The summed E-state index contributed by atoms with van der Waals surface area (Å²) in [6, 6.07) is 12.2. The minimum Gasteiger partial charge on any atom is -0.396 e. The molecule has 1 N–H and O–H groups in total. The van der Waals surface area contributed by atoms with Gasteiger partial charge in [-0.25, -0.2) is 4.98 Å². The van der Waals surface area contributed by atoms with Gasteiger partial charge in [0.2, 0.25) is 0 Å². The number of pyridine rings is 1. The van der Waals surface area contributed by atoms with Gasteiger partial charge >= 0.3 is 0 Å². The summed E-state index contributed by atoms with van der Waals surface area (Å²) in [7, 11) is 0. The molecule has 0 fully saturated rings. The first-order valence-electron chi connectivity index (χ1n) is 7.20. The number of para-hydroxylation sites is 2. The smallest absolute Gasteiger partial charge is 0.157 e. The molecule has 0 aliphatic heterocycles. The number of nitriles is 1. The van der Waals surface area contributed by atoms with Gasteiger partial charge < -0.3 is 5.11 Å². The Labute approximate surface area is 133 Å². The molecule has 0 spiro atoms. The number of aromatic nitrogens is 2. The van der Waals surface area contributed by atoms with Gasteiger partial charge in [0.25, 0.3) is 0 Å². The normalized spacial score (nSPS) is 12.6. The van der Waals surface area contributed by atoms with Gasteiger partial charge in [-0.1, -0.05) is 19.1 Å². The Morgan fingerprint density at radius 2 is 2.18 bits per heavy atom. The molecule has 0 unspecified atom stereocenters. The number of thioether (sulfide) groups is 1. The van der Waals surface area contributed by atoms with E-state index in [4.69, 9.17) is 0 Å². The minimum atomic E-state index is 0.177. The van der Waals surface area contributed by atoms with E-state index in [0.29, 0.717) is 11.2 Å². The van der Waals surface area contributed by atoms with Gasteiger partial charge in [0, 0.05) is 12.4 Å². The molecule has 4 nitrogen and oxygen atoms in total. The SMILES string of the molecule is Cc1cc(SC[C@@H](C)CO)n2c(nc3ccccc32)c1C#N. The summed E-state index contributed by atoms with van der Waals surface area (Å²) in [5.74, 6) is 1.05. The van der Waals surface area contributed by atoms with Crippen LogP contribution in [0.25, 0.3) is 16.7 Å². The molecule has 0 bridgehead atoms. The van der Waals surface area contributed by atoms with E-state index in [9.17, 15) is 10.4 Å². The number of imidazole rings is 1. The van der Waals surface area contributed by atoms with Crippen molar-refractivity contribution in [3.05, 3.63) is 41.5 Å². The van der Waals surface area contributed by atoms with Crippen LogP contribution in [0.3, 0.4) is 0 Å². The zero-order valence-electron chi connectivity index (χ0n) is 12.6. The van der Waals surface area contributed by atoms with E-state index >= 15 is 0 Å². The van der Waals surface area contributed by atoms with E-state index in [1.54, 1.807) is 11.8 Å². The maximum absolute atomic E-state index is 9.45. The second-order valence-electron chi connectivity index (χ2n) is 5.51. The molecule has 0 aliphatic rings. The van der Waals surface area contributed by atoms with Crippen LogP contribution in [0.4, 0.5) is 0 Å². The first kappa shape index (κ1) is 14.9. The molecule has 0 saturated carbocycles. The van der Waals surface area contributed by atoms with Gasteiger partial charge in [-0.3, -0.25) is 4.40 Å². The molecule has 3 rings (SSSR count). The van der Waals surface area contributed by atoms with Crippen LogP contribution in [0.2, 0.25) is 0 Å². The van der Waals surface area contributed by atoms with Gasteiger partial charge in [-0.15, -0.1) is 11.8 Å².